The van der Waals surface area contributed by atoms with E-state index >= 15 is 0 Å². The topological polar surface area (TPSA) is 32.9 Å². The Kier molecular flexibility index (Phi) is 3.48. The van der Waals surface area contributed by atoms with Gasteiger partial charge in [0, 0.05) is 23.4 Å². The number of aryl methyl sites for hydroxylation is 1. The monoisotopic (exact) mass is 287 g/mol. The molecule has 0 saturated heterocycles. The Morgan fingerprint density at radius 2 is 1.65 bits per heavy atom. The van der Waals surface area contributed by atoms with E-state index in [1.54, 1.807) is 25.3 Å². The third-order valence-corrected chi connectivity index (χ3v) is 3.44. The molecular formula is C12H8Cl3NO. The first-order valence-corrected chi connectivity index (χ1v) is 5.96. The summed E-state index contributed by atoms with van der Waals surface area (Å²) in [4.78, 5) is 14.5. The number of pyridine rings is 1. The first-order chi connectivity index (χ1) is 7.99. The molecule has 2 rings (SSSR count). The van der Waals surface area contributed by atoms with Crippen molar-refractivity contribution < 1.29 is 0 Å². The molecule has 0 amide bonds. The summed E-state index contributed by atoms with van der Waals surface area (Å²) in [5, 5.41) is 1.22. The highest BCUT2D eigenvalue weighted by atomic mass is 35.5. The molecule has 5 heteroatoms. The largest absolute Gasteiger partial charge is 0.361 e. The lowest BCUT2D eigenvalue weighted by atomic mass is 10.1. The Hall–Kier alpha value is -0.960. The molecule has 88 valence electrons. The number of hydrogen-bond donors (Lipinski definition) is 1. The van der Waals surface area contributed by atoms with E-state index in [2.05, 4.69) is 4.98 Å². The van der Waals surface area contributed by atoms with Crippen LogP contribution in [0.5, 0.6) is 0 Å². The quantitative estimate of drug-likeness (QED) is 0.779. The maximum absolute atomic E-state index is 11.6. The van der Waals surface area contributed by atoms with Crippen LogP contribution in [0.3, 0.4) is 0 Å². The molecule has 1 N–H and O–H groups in total. The standard InChI is InChI=1S/C12H8Cl3NO/c1-6-5-16-11(4-12(6)17)7-2-9(14)10(15)3-8(7)13/h2-5H,1H3,(H,16,17). The van der Waals surface area contributed by atoms with Gasteiger partial charge in [0.15, 0.2) is 5.43 Å². The minimum atomic E-state index is -0.0547. The molecule has 0 bridgehead atoms. The van der Waals surface area contributed by atoms with E-state index in [4.69, 9.17) is 34.8 Å². The first-order valence-electron chi connectivity index (χ1n) is 4.83. The Bertz CT molecular complexity index is 634. The fourth-order valence-corrected chi connectivity index (χ4v) is 2.08. The number of benzene rings is 1. The van der Waals surface area contributed by atoms with Crippen LogP contribution in [-0.4, -0.2) is 4.98 Å². The van der Waals surface area contributed by atoms with Crippen molar-refractivity contribution in [2.75, 3.05) is 0 Å². The molecular weight excluding hydrogens is 280 g/mol. The second-order valence-electron chi connectivity index (χ2n) is 3.64. The number of H-pyrrole nitrogens is 1. The number of aromatic nitrogens is 1. The summed E-state index contributed by atoms with van der Waals surface area (Å²) in [6.07, 6.45) is 1.64. The van der Waals surface area contributed by atoms with Gasteiger partial charge < -0.3 is 4.98 Å². The van der Waals surface area contributed by atoms with Gasteiger partial charge in [-0.1, -0.05) is 34.8 Å². The van der Waals surface area contributed by atoms with Crippen LogP contribution < -0.4 is 5.43 Å². The molecule has 0 saturated carbocycles. The highest BCUT2D eigenvalue weighted by Crippen LogP contribution is 2.33. The SMILES string of the molecule is Cc1c[nH]c(-c2cc(Cl)c(Cl)cc2Cl)cc1=O. The predicted molar refractivity (Wildman–Crippen MR) is 72.3 cm³/mol. The van der Waals surface area contributed by atoms with E-state index < -0.39 is 0 Å². The summed E-state index contributed by atoms with van der Waals surface area (Å²) in [5.41, 5.74) is 1.85. The summed E-state index contributed by atoms with van der Waals surface area (Å²) in [6, 6.07) is 4.67. The zero-order valence-corrected chi connectivity index (χ0v) is 11.1. The van der Waals surface area contributed by atoms with Gasteiger partial charge >= 0.3 is 0 Å². The minimum absolute atomic E-state index is 0.0547. The molecule has 2 aromatic rings. The van der Waals surface area contributed by atoms with Gasteiger partial charge in [-0.25, -0.2) is 0 Å². The van der Waals surface area contributed by atoms with Crippen molar-refractivity contribution in [3.8, 4) is 11.3 Å². The number of halogens is 3. The lowest BCUT2D eigenvalue weighted by Crippen LogP contribution is -2.04. The van der Waals surface area contributed by atoms with Gasteiger partial charge in [-0.2, -0.15) is 0 Å². The molecule has 17 heavy (non-hydrogen) atoms. The first kappa shape index (κ1) is 12.5. The lowest BCUT2D eigenvalue weighted by molar-refractivity contribution is 1.24. The van der Waals surface area contributed by atoms with Crippen LogP contribution in [0.4, 0.5) is 0 Å². The summed E-state index contributed by atoms with van der Waals surface area (Å²) in [5.74, 6) is 0. The molecule has 2 nitrogen and oxygen atoms in total. The number of aromatic amines is 1. The van der Waals surface area contributed by atoms with E-state index in [1.807, 2.05) is 0 Å². The second kappa shape index (κ2) is 4.73. The predicted octanol–water partition coefficient (Wildman–Crippen LogP) is 4.31. The zero-order valence-electron chi connectivity index (χ0n) is 8.85. The number of hydrogen-bond acceptors (Lipinski definition) is 1. The zero-order chi connectivity index (χ0) is 12.6. The van der Waals surface area contributed by atoms with Gasteiger partial charge in [-0.3, -0.25) is 4.79 Å². The molecule has 0 fully saturated rings. The van der Waals surface area contributed by atoms with Gasteiger partial charge in [0.05, 0.1) is 20.8 Å². The smallest absolute Gasteiger partial charge is 0.185 e. The Morgan fingerprint density at radius 1 is 1.00 bits per heavy atom. The molecule has 1 aromatic heterocycles. The average Bonchev–Trinajstić information content (AvgIpc) is 2.27. The van der Waals surface area contributed by atoms with Crippen molar-refractivity contribution in [3.05, 3.63) is 55.3 Å². The molecule has 0 aliphatic carbocycles. The third kappa shape index (κ3) is 2.49. The number of rotatable bonds is 1. The highest BCUT2D eigenvalue weighted by molar-refractivity contribution is 6.44. The summed E-state index contributed by atoms with van der Waals surface area (Å²) >= 11 is 17.8. The van der Waals surface area contributed by atoms with Crippen LogP contribution in [0, 0.1) is 6.92 Å². The average molecular weight is 289 g/mol. The minimum Gasteiger partial charge on any atom is -0.361 e. The van der Waals surface area contributed by atoms with E-state index in [9.17, 15) is 4.79 Å². The van der Waals surface area contributed by atoms with E-state index in [0.717, 1.165) is 0 Å². The van der Waals surface area contributed by atoms with Crippen molar-refractivity contribution in [2.45, 2.75) is 6.92 Å². The second-order valence-corrected chi connectivity index (χ2v) is 4.86. The fraction of sp³-hybridized carbons (Fsp3) is 0.0833. The van der Waals surface area contributed by atoms with E-state index in [-0.39, 0.29) is 5.43 Å². The molecule has 0 unspecified atom stereocenters. The van der Waals surface area contributed by atoms with Crippen LogP contribution >= 0.6 is 34.8 Å². The van der Waals surface area contributed by atoms with Crippen LogP contribution in [0.1, 0.15) is 5.56 Å². The maximum Gasteiger partial charge on any atom is 0.185 e. The summed E-state index contributed by atoms with van der Waals surface area (Å²) < 4.78 is 0. The molecule has 0 atom stereocenters. The molecule has 0 radical (unpaired) electrons. The molecule has 1 heterocycles. The van der Waals surface area contributed by atoms with Gasteiger partial charge in [-0.15, -0.1) is 0 Å². The Morgan fingerprint density at radius 3 is 2.29 bits per heavy atom. The summed E-state index contributed by atoms with van der Waals surface area (Å²) in [7, 11) is 0. The molecule has 0 aliphatic rings. The fourth-order valence-electron chi connectivity index (χ4n) is 1.43. The summed E-state index contributed by atoms with van der Waals surface area (Å²) in [6.45, 7) is 1.74. The third-order valence-electron chi connectivity index (χ3n) is 2.41. The van der Waals surface area contributed by atoms with Crippen LogP contribution in [-0.2, 0) is 0 Å². The van der Waals surface area contributed by atoms with E-state index in [0.29, 0.717) is 31.9 Å². The molecule has 0 aliphatic heterocycles. The van der Waals surface area contributed by atoms with Crippen LogP contribution in [0.2, 0.25) is 15.1 Å². The van der Waals surface area contributed by atoms with Crippen molar-refractivity contribution in [1.82, 2.24) is 4.98 Å². The van der Waals surface area contributed by atoms with Gasteiger partial charge in [0.25, 0.3) is 0 Å². The van der Waals surface area contributed by atoms with Crippen molar-refractivity contribution in [1.29, 1.82) is 0 Å². The number of nitrogens with one attached hydrogen (secondary N) is 1. The Labute approximate surface area is 113 Å². The van der Waals surface area contributed by atoms with E-state index in [1.165, 1.54) is 6.07 Å². The lowest BCUT2D eigenvalue weighted by Gasteiger charge is -2.06. The molecule has 1 aromatic carbocycles. The van der Waals surface area contributed by atoms with Crippen LogP contribution in [0.15, 0.2) is 29.2 Å². The van der Waals surface area contributed by atoms with Gasteiger partial charge in [0.2, 0.25) is 0 Å². The van der Waals surface area contributed by atoms with Crippen LogP contribution in [0.25, 0.3) is 11.3 Å². The van der Waals surface area contributed by atoms with Gasteiger partial charge in [-0.05, 0) is 19.1 Å². The maximum atomic E-state index is 11.6. The van der Waals surface area contributed by atoms with Crippen molar-refractivity contribution in [2.24, 2.45) is 0 Å². The normalized spacial score (nSPS) is 10.6. The van der Waals surface area contributed by atoms with Crippen molar-refractivity contribution >= 4 is 34.8 Å². The molecule has 0 spiro atoms. The highest BCUT2D eigenvalue weighted by Gasteiger charge is 2.09. The van der Waals surface area contributed by atoms with Gasteiger partial charge in [0.1, 0.15) is 0 Å². The van der Waals surface area contributed by atoms with Crippen molar-refractivity contribution in [3.63, 3.8) is 0 Å². The Balaban J connectivity index is 2.64.